The molecule has 0 radical (unpaired) electrons. The van der Waals surface area contributed by atoms with E-state index in [1.807, 2.05) is 24.3 Å². The molecule has 0 spiro atoms. The van der Waals surface area contributed by atoms with E-state index < -0.39 is 0 Å². The van der Waals surface area contributed by atoms with Crippen molar-refractivity contribution in [2.24, 2.45) is 0 Å². The Morgan fingerprint density at radius 2 is 1.66 bits per heavy atom. The number of pyridine rings is 1. The lowest BCUT2D eigenvalue weighted by atomic mass is 10.1. The van der Waals surface area contributed by atoms with Crippen LogP contribution in [0.4, 0.5) is 0 Å². The van der Waals surface area contributed by atoms with Crippen molar-refractivity contribution >= 4 is 11.8 Å². The molecule has 0 atom stereocenters. The molecule has 8 heteroatoms. The quantitative estimate of drug-likeness (QED) is 0.679. The smallest absolute Gasteiger partial charge is 0.257 e. The van der Waals surface area contributed by atoms with Crippen molar-refractivity contribution in [1.82, 2.24) is 29.5 Å². The number of nitrogens with zero attached hydrogens (tertiary/aromatic N) is 6. The number of piperazine rings is 1. The maximum absolute atomic E-state index is 13.1. The van der Waals surface area contributed by atoms with Crippen LogP contribution in [0.5, 0.6) is 0 Å². The molecule has 3 heterocycles. The van der Waals surface area contributed by atoms with Gasteiger partial charge in [0.05, 0.1) is 5.56 Å². The van der Waals surface area contributed by atoms with Crippen molar-refractivity contribution in [3.05, 3.63) is 71.9 Å². The van der Waals surface area contributed by atoms with Gasteiger partial charge in [-0.15, -0.1) is 0 Å². The molecule has 0 aliphatic carbocycles. The Bertz CT molecular complexity index is 992. The second kappa shape index (κ2) is 8.22. The lowest BCUT2D eigenvalue weighted by molar-refractivity contribution is 0.0535. The molecule has 29 heavy (non-hydrogen) atoms. The van der Waals surface area contributed by atoms with Gasteiger partial charge in [-0.1, -0.05) is 19.1 Å². The number of hydrogen-bond acceptors (Lipinski definition) is 5. The largest absolute Gasteiger partial charge is 0.335 e. The highest BCUT2D eigenvalue weighted by molar-refractivity contribution is 5.97. The van der Waals surface area contributed by atoms with Crippen LogP contribution in [-0.2, 0) is 6.42 Å². The number of amides is 2. The van der Waals surface area contributed by atoms with Gasteiger partial charge < -0.3 is 9.80 Å². The maximum Gasteiger partial charge on any atom is 0.257 e. The van der Waals surface area contributed by atoms with Gasteiger partial charge in [-0.3, -0.25) is 9.59 Å². The summed E-state index contributed by atoms with van der Waals surface area (Å²) in [5.74, 6) is 0.331. The molecular weight excluding hydrogens is 368 g/mol. The second-order valence-electron chi connectivity index (χ2n) is 6.85. The molecule has 3 aromatic rings. The summed E-state index contributed by atoms with van der Waals surface area (Å²) in [5, 5.41) is 4.08. The highest BCUT2D eigenvalue weighted by Gasteiger charge is 2.27. The molecule has 8 nitrogen and oxygen atoms in total. The Hall–Kier alpha value is -3.55. The van der Waals surface area contributed by atoms with Gasteiger partial charge in [0.25, 0.3) is 11.8 Å². The van der Waals surface area contributed by atoms with E-state index in [1.54, 1.807) is 28.1 Å². The number of benzene rings is 1. The van der Waals surface area contributed by atoms with Gasteiger partial charge in [-0.2, -0.15) is 5.10 Å². The fraction of sp³-hybridized carbons (Fsp3) is 0.286. The number of carbonyl (C=O) groups is 2. The van der Waals surface area contributed by atoms with E-state index in [4.69, 9.17) is 0 Å². The van der Waals surface area contributed by atoms with Crippen LogP contribution in [0, 0.1) is 0 Å². The van der Waals surface area contributed by atoms with E-state index >= 15 is 0 Å². The fourth-order valence-corrected chi connectivity index (χ4v) is 3.41. The first-order valence-corrected chi connectivity index (χ1v) is 9.65. The number of rotatable bonds is 4. The van der Waals surface area contributed by atoms with Crippen LogP contribution < -0.4 is 0 Å². The van der Waals surface area contributed by atoms with Crippen LogP contribution in [0.2, 0.25) is 0 Å². The summed E-state index contributed by atoms with van der Waals surface area (Å²) in [6.45, 7) is 4.04. The molecule has 2 amide bonds. The molecule has 1 aliphatic rings. The van der Waals surface area contributed by atoms with Crippen LogP contribution in [-0.4, -0.2) is 67.5 Å². The van der Waals surface area contributed by atoms with Crippen molar-refractivity contribution in [1.29, 1.82) is 0 Å². The summed E-state index contributed by atoms with van der Waals surface area (Å²) in [5.41, 5.74) is 2.35. The predicted molar refractivity (Wildman–Crippen MR) is 107 cm³/mol. The molecular formula is C21H22N6O2. The van der Waals surface area contributed by atoms with Crippen molar-refractivity contribution < 1.29 is 9.59 Å². The lowest BCUT2D eigenvalue weighted by Crippen LogP contribution is -2.50. The van der Waals surface area contributed by atoms with Crippen molar-refractivity contribution in [3.8, 4) is 5.82 Å². The summed E-state index contributed by atoms with van der Waals surface area (Å²) in [4.78, 5) is 37.6. The predicted octanol–water partition coefficient (Wildman–Crippen LogP) is 1.82. The molecule has 0 unspecified atom stereocenters. The van der Waals surface area contributed by atoms with Gasteiger partial charge in [0.1, 0.15) is 12.7 Å². The SMILES string of the molecule is CCc1ccc(C(=O)N2CCN(C(=O)c3cccnc3-n3cncn3)CC2)cc1. The number of carbonyl (C=O) groups excluding carboxylic acids is 2. The zero-order valence-corrected chi connectivity index (χ0v) is 16.2. The first-order chi connectivity index (χ1) is 14.2. The highest BCUT2D eigenvalue weighted by Crippen LogP contribution is 2.16. The third-order valence-corrected chi connectivity index (χ3v) is 5.12. The van der Waals surface area contributed by atoms with Crippen molar-refractivity contribution in [2.45, 2.75) is 13.3 Å². The lowest BCUT2D eigenvalue weighted by Gasteiger charge is -2.35. The zero-order valence-electron chi connectivity index (χ0n) is 16.2. The minimum atomic E-state index is -0.122. The number of aromatic nitrogens is 4. The Balaban J connectivity index is 1.43. The molecule has 0 bridgehead atoms. The monoisotopic (exact) mass is 390 g/mol. The molecule has 2 aromatic heterocycles. The minimum absolute atomic E-state index is 0.00411. The van der Waals surface area contributed by atoms with E-state index in [9.17, 15) is 9.59 Å². The van der Waals surface area contributed by atoms with Crippen molar-refractivity contribution in [2.75, 3.05) is 26.2 Å². The fourth-order valence-electron chi connectivity index (χ4n) is 3.41. The summed E-state index contributed by atoms with van der Waals surface area (Å²) >= 11 is 0. The van der Waals surface area contributed by atoms with Crippen LogP contribution in [0.25, 0.3) is 5.82 Å². The average Bonchev–Trinajstić information content (AvgIpc) is 3.33. The van der Waals surface area contributed by atoms with Gasteiger partial charge >= 0.3 is 0 Å². The number of aryl methyl sites for hydroxylation is 1. The summed E-state index contributed by atoms with van der Waals surface area (Å²) in [6, 6.07) is 11.2. The van der Waals surface area contributed by atoms with Crippen LogP contribution in [0.1, 0.15) is 33.2 Å². The van der Waals surface area contributed by atoms with Gasteiger partial charge in [0.15, 0.2) is 5.82 Å². The number of hydrogen-bond donors (Lipinski definition) is 0. The van der Waals surface area contributed by atoms with Gasteiger partial charge in [0, 0.05) is 37.9 Å². The molecule has 0 saturated carbocycles. The summed E-state index contributed by atoms with van der Waals surface area (Å²) in [7, 11) is 0. The molecule has 1 saturated heterocycles. The standard InChI is InChI=1S/C21H22N6O2/c1-2-16-5-7-17(8-6-16)20(28)25-10-12-26(13-11-25)21(29)18-4-3-9-23-19(18)27-15-22-14-24-27/h3-9,14-15H,2,10-13H2,1H3. The summed E-state index contributed by atoms with van der Waals surface area (Å²) in [6.07, 6.45) is 5.48. The van der Waals surface area contributed by atoms with E-state index in [1.165, 1.54) is 22.9 Å². The average molecular weight is 390 g/mol. The van der Waals surface area contributed by atoms with Crippen molar-refractivity contribution in [3.63, 3.8) is 0 Å². The van der Waals surface area contributed by atoms with Crippen LogP contribution >= 0.6 is 0 Å². The normalized spacial score (nSPS) is 14.1. The molecule has 1 aromatic carbocycles. The Kier molecular flexibility index (Phi) is 5.33. The second-order valence-corrected chi connectivity index (χ2v) is 6.85. The Morgan fingerprint density at radius 1 is 0.966 bits per heavy atom. The van der Waals surface area contributed by atoms with Gasteiger partial charge in [-0.25, -0.2) is 14.6 Å². The highest BCUT2D eigenvalue weighted by atomic mass is 16.2. The molecule has 148 valence electrons. The van der Waals surface area contributed by atoms with E-state index in [0.29, 0.717) is 43.1 Å². The van der Waals surface area contributed by atoms with Crippen LogP contribution in [0.3, 0.4) is 0 Å². The van der Waals surface area contributed by atoms with E-state index in [-0.39, 0.29) is 11.8 Å². The Labute approximate surface area is 168 Å². The first-order valence-electron chi connectivity index (χ1n) is 9.65. The molecule has 0 N–H and O–H groups in total. The van der Waals surface area contributed by atoms with Crippen LogP contribution in [0.15, 0.2) is 55.2 Å². The van der Waals surface area contributed by atoms with Gasteiger partial charge in [-0.05, 0) is 36.2 Å². The third kappa shape index (κ3) is 3.87. The van der Waals surface area contributed by atoms with Gasteiger partial charge in [0.2, 0.25) is 0 Å². The zero-order chi connectivity index (χ0) is 20.2. The minimum Gasteiger partial charge on any atom is -0.335 e. The first kappa shape index (κ1) is 18.8. The van der Waals surface area contributed by atoms with E-state index in [2.05, 4.69) is 22.0 Å². The maximum atomic E-state index is 13.1. The molecule has 1 fully saturated rings. The molecule has 4 rings (SSSR count). The third-order valence-electron chi connectivity index (χ3n) is 5.12. The molecule has 1 aliphatic heterocycles. The topological polar surface area (TPSA) is 84.2 Å². The van der Waals surface area contributed by atoms with E-state index in [0.717, 1.165) is 6.42 Å². The Morgan fingerprint density at radius 3 is 2.28 bits per heavy atom. The summed E-state index contributed by atoms with van der Waals surface area (Å²) < 4.78 is 1.48.